The Bertz CT molecular complexity index is 932. The number of carbonyl (C=O) groups excluding carboxylic acids is 1. The molecule has 0 fully saturated rings. The first-order valence-corrected chi connectivity index (χ1v) is 7.64. The molecule has 0 atom stereocenters. The number of amides is 2. The quantitative estimate of drug-likeness (QED) is 0.761. The molecule has 7 nitrogen and oxygen atoms in total. The predicted octanol–water partition coefficient (Wildman–Crippen LogP) is 2.98. The monoisotopic (exact) mass is 341 g/mol. The van der Waals surface area contributed by atoms with E-state index in [0.717, 1.165) is 0 Å². The van der Waals surface area contributed by atoms with E-state index in [2.05, 4.69) is 25.6 Å². The molecule has 3 rings (SSSR count). The minimum absolute atomic E-state index is 0.211. The van der Waals surface area contributed by atoms with Gasteiger partial charge in [0.15, 0.2) is 5.65 Å². The maximum atomic E-state index is 14.2. The summed E-state index contributed by atoms with van der Waals surface area (Å²) in [7, 11) is 1.46. The Balaban J connectivity index is 2.03. The summed E-state index contributed by atoms with van der Waals surface area (Å²) in [6.07, 6.45) is 1.46. The molecular weight excluding hydrogens is 325 g/mol. The number of aromatic nitrogens is 3. The molecule has 0 bridgehead atoms. The molecule has 1 aromatic carbocycles. The Morgan fingerprint density at radius 3 is 2.84 bits per heavy atom. The molecule has 2 aromatic heterocycles. The summed E-state index contributed by atoms with van der Waals surface area (Å²) < 4.78 is 19.4. The van der Waals surface area contributed by atoms with Crippen molar-refractivity contribution in [3.8, 4) is 17.0 Å². The van der Waals surface area contributed by atoms with Gasteiger partial charge in [0, 0.05) is 6.54 Å². The van der Waals surface area contributed by atoms with Crippen LogP contribution in [0.15, 0.2) is 36.5 Å². The molecule has 8 heteroatoms. The van der Waals surface area contributed by atoms with Crippen molar-refractivity contribution in [3.05, 3.63) is 42.3 Å². The van der Waals surface area contributed by atoms with Gasteiger partial charge < -0.3 is 10.1 Å². The average molecular weight is 341 g/mol. The first-order valence-electron chi connectivity index (χ1n) is 7.64. The minimum Gasteiger partial charge on any atom is -0.496 e. The molecule has 0 unspecified atom stereocenters. The molecule has 0 spiro atoms. The molecular formula is C17H16FN5O2. The fourth-order valence-electron chi connectivity index (χ4n) is 2.33. The Morgan fingerprint density at radius 1 is 1.24 bits per heavy atom. The Kier molecular flexibility index (Phi) is 4.69. The van der Waals surface area contributed by atoms with Crippen molar-refractivity contribution in [3.63, 3.8) is 0 Å². The van der Waals surface area contributed by atoms with Crippen molar-refractivity contribution in [2.75, 3.05) is 19.0 Å². The fourth-order valence-corrected chi connectivity index (χ4v) is 2.33. The molecule has 0 aliphatic rings. The second kappa shape index (κ2) is 7.08. The number of halogens is 1. The van der Waals surface area contributed by atoms with Gasteiger partial charge in [-0.15, -0.1) is 0 Å². The number of fused-ring (bicyclic) bond motifs is 1. The van der Waals surface area contributed by atoms with E-state index in [1.165, 1.54) is 19.4 Å². The van der Waals surface area contributed by atoms with Gasteiger partial charge in [-0.3, -0.25) is 10.3 Å². The molecule has 0 radical (unpaired) electrons. The van der Waals surface area contributed by atoms with Crippen molar-refractivity contribution < 1.29 is 13.9 Å². The number of ether oxygens (including phenoxy) is 1. The number of benzene rings is 1. The first kappa shape index (κ1) is 16.6. The van der Waals surface area contributed by atoms with E-state index in [-0.39, 0.29) is 17.2 Å². The number of nitrogens with zero attached hydrogens (tertiary/aromatic N) is 3. The van der Waals surface area contributed by atoms with Crippen molar-refractivity contribution in [1.29, 1.82) is 0 Å². The Morgan fingerprint density at radius 2 is 2.08 bits per heavy atom. The summed E-state index contributed by atoms with van der Waals surface area (Å²) in [5.41, 5.74) is 1.33. The Hall–Kier alpha value is -3.29. The summed E-state index contributed by atoms with van der Waals surface area (Å²) in [5.74, 6) is 0.209. The molecule has 0 saturated heterocycles. The number of urea groups is 1. The van der Waals surface area contributed by atoms with E-state index in [1.54, 1.807) is 24.3 Å². The molecule has 0 aliphatic heterocycles. The normalized spacial score (nSPS) is 10.5. The molecule has 128 valence electrons. The fraction of sp³-hybridized carbons (Fsp3) is 0.176. The zero-order chi connectivity index (χ0) is 17.8. The lowest BCUT2D eigenvalue weighted by molar-refractivity contribution is 0.252. The van der Waals surface area contributed by atoms with E-state index in [9.17, 15) is 9.18 Å². The number of methoxy groups -OCH3 is 1. The predicted molar refractivity (Wildman–Crippen MR) is 92.0 cm³/mol. The second-order valence-corrected chi connectivity index (χ2v) is 5.10. The third kappa shape index (κ3) is 3.47. The summed E-state index contributed by atoms with van der Waals surface area (Å²) in [6.45, 7) is 2.31. The zero-order valence-corrected chi connectivity index (χ0v) is 13.7. The van der Waals surface area contributed by atoms with Crippen LogP contribution in [0.3, 0.4) is 0 Å². The Labute approximate surface area is 143 Å². The van der Waals surface area contributed by atoms with Gasteiger partial charge in [0.1, 0.15) is 22.9 Å². The number of hydrogen-bond donors (Lipinski definition) is 2. The molecule has 3 aromatic rings. The van der Waals surface area contributed by atoms with Crippen LogP contribution in [0, 0.1) is 5.82 Å². The van der Waals surface area contributed by atoms with E-state index < -0.39 is 5.82 Å². The lowest BCUT2D eigenvalue weighted by atomic mass is 10.1. The number of anilines is 1. The summed E-state index contributed by atoms with van der Waals surface area (Å²) >= 11 is 0. The average Bonchev–Trinajstić information content (AvgIpc) is 2.61. The molecule has 2 heterocycles. The maximum Gasteiger partial charge on any atom is 0.320 e. The number of nitrogens with one attached hydrogen (secondary N) is 2. The second-order valence-electron chi connectivity index (χ2n) is 5.10. The van der Waals surface area contributed by atoms with Gasteiger partial charge >= 0.3 is 6.03 Å². The molecule has 0 aliphatic carbocycles. The van der Waals surface area contributed by atoms with Gasteiger partial charge in [0.2, 0.25) is 0 Å². The zero-order valence-electron chi connectivity index (χ0n) is 13.7. The van der Waals surface area contributed by atoms with Gasteiger partial charge in [-0.25, -0.2) is 19.2 Å². The topological polar surface area (TPSA) is 89.0 Å². The number of hydrogen-bond acceptors (Lipinski definition) is 5. The van der Waals surface area contributed by atoms with Crippen LogP contribution in [0.5, 0.6) is 5.75 Å². The van der Waals surface area contributed by atoms with Gasteiger partial charge in [-0.2, -0.15) is 0 Å². The number of pyridine rings is 1. The van der Waals surface area contributed by atoms with E-state index in [1.807, 2.05) is 6.92 Å². The van der Waals surface area contributed by atoms with Gasteiger partial charge in [-0.1, -0.05) is 6.07 Å². The maximum absolute atomic E-state index is 14.2. The third-order valence-corrected chi connectivity index (χ3v) is 3.44. The van der Waals surface area contributed by atoms with Gasteiger partial charge in [-0.05, 0) is 31.2 Å². The number of rotatable bonds is 4. The largest absolute Gasteiger partial charge is 0.496 e. The van der Waals surface area contributed by atoms with Crippen LogP contribution in [0.25, 0.3) is 22.4 Å². The van der Waals surface area contributed by atoms with Crippen LogP contribution in [0.1, 0.15) is 6.92 Å². The van der Waals surface area contributed by atoms with Crippen molar-refractivity contribution in [2.24, 2.45) is 0 Å². The van der Waals surface area contributed by atoms with Crippen molar-refractivity contribution in [1.82, 2.24) is 20.3 Å². The van der Waals surface area contributed by atoms with E-state index in [4.69, 9.17) is 4.74 Å². The van der Waals surface area contributed by atoms with Crippen LogP contribution in [0.2, 0.25) is 0 Å². The van der Waals surface area contributed by atoms with E-state index in [0.29, 0.717) is 29.3 Å². The molecule has 2 N–H and O–H groups in total. The van der Waals surface area contributed by atoms with Gasteiger partial charge in [0.25, 0.3) is 0 Å². The van der Waals surface area contributed by atoms with Crippen LogP contribution >= 0.6 is 0 Å². The van der Waals surface area contributed by atoms with Gasteiger partial charge in [0.05, 0.1) is 24.6 Å². The van der Waals surface area contributed by atoms with Crippen LogP contribution < -0.4 is 15.4 Å². The summed E-state index contributed by atoms with van der Waals surface area (Å²) in [5, 5.41) is 5.21. The minimum atomic E-state index is -0.468. The SMILES string of the molecule is CCNC(=O)Nc1ccc2ncc(-c3c(F)cccc3OC)nc2n1. The van der Waals surface area contributed by atoms with Crippen LogP contribution in [0.4, 0.5) is 15.0 Å². The van der Waals surface area contributed by atoms with Crippen LogP contribution in [-0.4, -0.2) is 34.6 Å². The van der Waals surface area contributed by atoms with Crippen molar-refractivity contribution >= 4 is 23.0 Å². The summed E-state index contributed by atoms with van der Waals surface area (Å²) in [4.78, 5) is 24.5. The summed E-state index contributed by atoms with van der Waals surface area (Å²) in [6, 6.07) is 7.46. The van der Waals surface area contributed by atoms with E-state index >= 15 is 0 Å². The van der Waals surface area contributed by atoms with Crippen LogP contribution in [-0.2, 0) is 0 Å². The first-order chi connectivity index (χ1) is 12.1. The van der Waals surface area contributed by atoms with Crippen molar-refractivity contribution in [2.45, 2.75) is 6.92 Å². The third-order valence-electron chi connectivity index (χ3n) is 3.44. The molecule has 2 amide bonds. The molecule has 0 saturated carbocycles. The standard InChI is InChI=1S/C17H16FN5O2/c1-3-19-17(24)23-14-8-7-11-16(22-14)21-12(9-20-11)15-10(18)5-4-6-13(15)25-2/h4-9H,3H2,1-2H3,(H2,19,21,22,23,24). The lowest BCUT2D eigenvalue weighted by Crippen LogP contribution is -2.28. The highest BCUT2D eigenvalue weighted by molar-refractivity contribution is 5.89. The highest BCUT2D eigenvalue weighted by atomic mass is 19.1. The molecule has 25 heavy (non-hydrogen) atoms. The smallest absolute Gasteiger partial charge is 0.320 e. The number of carbonyl (C=O) groups is 1. The lowest BCUT2D eigenvalue weighted by Gasteiger charge is -2.09. The highest BCUT2D eigenvalue weighted by Gasteiger charge is 2.14. The highest BCUT2D eigenvalue weighted by Crippen LogP contribution is 2.31.